The van der Waals surface area contributed by atoms with Crippen LogP contribution < -0.4 is 0 Å². The Labute approximate surface area is 63.0 Å². The van der Waals surface area contributed by atoms with Crippen LogP contribution in [0.25, 0.3) is 10.4 Å². The maximum absolute atomic E-state index is 10.7. The Morgan fingerprint density at radius 3 is 3.00 bits per heavy atom. The summed E-state index contributed by atoms with van der Waals surface area (Å²) in [6, 6.07) is 0.131. The van der Waals surface area contributed by atoms with E-state index in [9.17, 15) is 4.79 Å². The molecule has 0 aromatic rings. The van der Waals surface area contributed by atoms with Crippen molar-refractivity contribution in [2.75, 3.05) is 6.61 Å². The predicted octanol–water partition coefficient (Wildman–Crippen LogP) is 0.752. The molecule has 58 valence electrons. The molecular formula is C5H6N4O2. The van der Waals surface area contributed by atoms with Crippen LogP contribution in [0, 0.1) is 11.3 Å². The summed E-state index contributed by atoms with van der Waals surface area (Å²) in [5, 5.41) is 11.1. The van der Waals surface area contributed by atoms with Gasteiger partial charge in [-0.1, -0.05) is 5.11 Å². The Kier molecular flexibility index (Phi) is 4.29. The van der Waals surface area contributed by atoms with Crippen molar-refractivity contribution in [1.29, 1.82) is 5.26 Å². The van der Waals surface area contributed by atoms with E-state index in [-0.39, 0.29) is 6.61 Å². The van der Waals surface area contributed by atoms with Crippen LogP contribution >= 0.6 is 0 Å². The summed E-state index contributed by atoms with van der Waals surface area (Å²) in [6.45, 7) is 1.76. The molecule has 0 aliphatic rings. The van der Waals surface area contributed by atoms with Gasteiger partial charge >= 0.3 is 5.97 Å². The number of hydrogen-bond donors (Lipinski definition) is 0. The van der Waals surface area contributed by atoms with Crippen molar-refractivity contribution >= 4 is 5.97 Å². The molecule has 0 radical (unpaired) electrons. The van der Waals surface area contributed by atoms with Gasteiger partial charge in [-0.05, 0) is 12.5 Å². The smallest absolute Gasteiger partial charge is 0.329 e. The third-order valence-electron chi connectivity index (χ3n) is 0.799. The van der Waals surface area contributed by atoms with Gasteiger partial charge in [-0.15, -0.1) is 0 Å². The molecule has 0 aromatic heterocycles. The lowest BCUT2D eigenvalue weighted by molar-refractivity contribution is -0.143. The van der Waals surface area contributed by atoms with Crippen LogP contribution in [0.4, 0.5) is 0 Å². The number of azide groups is 1. The van der Waals surface area contributed by atoms with Crippen molar-refractivity contribution in [3.63, 3.8) is 0 Å². The minimum atomic E-state index is -1.36. The van der Waals surface area contributed by atoms with Crippen LogP contribution in [-0.4, -0.2) is 18.6 Å². The Balaban J connectivity index is 4.17. The molecule has 6 nitrogen and oxygen atoms in total. The van der Waals surface area contributed by atoms with E-state index in [1.54, 1.807) is 6.92 Å². The van der Waals surface area contributed by atoms with E-state index in [0.29, 0.717) is 0 Å². The fourth-order valence-electron chi connectivity index (χ4n) is 0.398. The maximum Gasteiger partial charge on any atom is 0.329 e. The average molecular weight is 154 g/mol. The molecule has 0 aliphatic heterocycles. The second-order valence-corrected chi connectivity index (χ2v) is 1.49. The molecule has 0 N–H and O–H groups in total. The van der Waals surface area contributed by atoms with Crippen LogP contribution in [0.3, 0.4) is 0 Å². The van der Waals surface area contributed by atoms with E-state index < -0.39 is 12.0 Å². The van der Waals surface area contributed by atoms with Crippen LogP contribution in [-0.2, 0) is 9.53 Å². The lowest BCUT2D eigenvalue weighted by Crippen LogP contribution is -2.18. The third kappa shape index (κ3) is 3.08. The lowest BCUT2D eigenvalue weighted by atomic mass is 10.4. The van der Waals surface area contributed by atoms with Crippen molar-refractivity contribution < 1.29 is 9.53 Å². The molecule has 0 heterocycles. The predicted molar refractivity (Wildman–Crippen MR) is 35.2 cm³/mol. The minimum Gasteiger partial charge on any atom is -0.465 e. The monoisotopic (exact) mass is 154 g/mol. The zero-order valence-electron chi connectivity index (χ0n) is 5.89. The molecule has 0 saturated heterocycles. The minimum absolute atomic E-state index is 0.165. The highest BCUT2D eigenvalue weighted by atomic mass is 16.5. The zero-order valence-corrected chi connectivity index (χ0v) is 5.89. The van der Waals surface area contributed by atoms with Crippen molar-refractivity contribution in [2.45, 2.75) is 13.0 Å². The van der Waals surface area contributed by atoms with Crippen molar-refractivity contribution in [2.24, 2.45) is 5.11 Å². The number of nitrogens with zero attached hydrogens (tertiary/aromatic N) is 4. The quantitative estimate of drug-likeness (QED) is 0.259. The highest BCUT2D eigenvalue weighted by Crippen LogP contribution is 1.93. The molecule has 1 unspecified atom stereocenters. The number of carbonyl (C=O) groups excluding carboxylic acids is 1. The molecule has 11 heavy (non-hydrogen) atoms. The van der Waals surface area contributed by atoms with Gasteiger partial charge in [0.2, 0.25) is 6.04 Å². The van der Waals surface area contributed by atoms with Gasteiger partial charge in [-0.2, -0.15) is 5.26 Å². The molecule has 0 aromatic carbocycles. The average Bonchev–Trinajstić information content (AvgIpc) is 2.00. The fraction of sp³-hybridized carbons (Fsp3) is 0.600. The highest BCUT2D eigenvalue weighted by Gasteiger charge is 2.16. The van der Waals surface area contributed by atoms with Gasteiger partial charge in [0.25, 0.3) is 0 Å². The molecule has 6 heteroatoms. The highest BCUT2D eigenvalue weighted by molar-refractivity contribution is 5.78. The van der Waals surface area contributed by atoms with E-state index in [1.807, 2.05) is 0 Å². The summed E-state index contributed by atoms with van der Waals surface area (Å²) in [5.41, 5.74) is 7.88. The van der Waals surface area contributed by atoms with Crippen LogP contribution in [0.2, 0.25) is 0 Å². The van der Waals surface area contributed by atoms with Gasteiger partial charge in [-0.3, -0.25) is 4.79 Å². The first-order valence-electron chi connectivity index (χ1n) is 2.86. The summed E-state index contributed by atoms with van der Waals surface area (Å²) in [4.78, 5) is 13.0. The van der Waals surface area contributed by atoms with E-state index >= 15 is 0 Å². The van der Waals surface area contributed by atoms with Gasteiger partial charge < -0.3 is 4.74 Å². The molecule has 0 saturated carbocycles. The number of rotatable bonds is 3. The summed E-state index contributed by atoms with van der Waals surface area (Å²) in [5.74, 6) is -0.812. The van der Waals surface area contributed by atoms with Crippen molar-refractivity contribution in [3.8, 4) is 6.07 Å². The molecule has 0 aliphatic carbocycles. The number of esters is 1. The Morgan fingerprint density at radius 2 is 2.64 bits per heavy atom. The van der Waals surface area contributed by atoms with Crippen molar-refractivity contribution in [3.05, 3.63) is 10.4 Å². The lowest BCUT2D eigenvalue weighted by Gasteiger charge is -2.00. The normalized spacial score (nSPS) is 10.5. The van der Waals surface area contributed by atoms with Crippen LogP contribution in [0.15, 0.2) is 5.11 Å². The number of carbonyl (C=O) groups is 1. The Bertz CT molecular complexity index is 225. The van der Waals surface area contributed by atoms with E-state index in [4.69, 9.17) is 10.8 Å². The van der Waals surface area contributed by atoms with E-state index in [1.165, 1.54) is 6.07 Å². The fourth-order valence-corrected chi connectivity index (χ4v) is 0.398. The first kappa shape index (κ1) is 9.27. The van der Waals surface area contributed by atoms with Gasteiger partial charge in [0.15, 0.2) is 0 Å². The first-order chi connectivity index (χ1) is 5.26. The van der Waals surface area contributed by atoms with Crippen molar-refractivity contribution in [1.82, 2.24) is 0 Å². The summed E-state index contributed by atoms with van der Waals surface area (Å²) < 4.78 is 4.42. The van der Waals surface area contributed by atoms with Gasteiger partial charge in [-0.25, -0.2) is 0 Å². The molecule has 1 atom stereocenters. The summed E-state index contributed by atoms with van der Waals surface area (Å²) in [7, 11) is 0. The Hall–Kier alpha value is -1.73. The molecule has 0 bridgehead atoms. The number of hydrogen-bond acceptors (Lipinski definition) is 4. The third-order valence-corrected chi connectivity index (χ3v) is 0.799. The molecule has 0 rings (SSSR count). The summed E-state index contributed by atoms with van der Waals surface area (Å²) >= 11 is 0. The van der Waals surface area contributed by atoms with Gasteiger partial charge in [0.05, 0.1) is 12.7 Å². The van der Waals surface area contributed by atoms with E-state index in [2.05, 4.69) is 14.8 Å². The standard InChI is InChI=1S/C5H6N4O2/c1-2-11-5(10)4(3-6)8-9-7/h4H,2H2,1H3. The SMILES string of the molecule is CCOC(=O)C(C#N)N=[N+]=[N-]. The topological polar surface area (TPSA) is 98.9 Å². The van der Waals surface area contributed by atoms with Gasteiger partial charge in [0, 0.05) is 4.91 Å². The van der Waals surface area contributed by atoms with Gasteiger partial charge in [0.1, 0.15) is 0 Å². The second kappa shape index (κ2) is 5.09. The second-order valence-electron chi connectivity index (χ2n) is 1.49. The molecule has 0 spiro atoms. The maximum atomic E-state index is 10.7. The van der Waals surface area contributed by atoms with Crippen LogP contribution in [0.1, 0.15) is 6.92 Å². The molecule has 0 amide bonds. The number of nitriles is 1. The first-order valence-corrected chi connectivity index (χ1v) is 2.86. The Morgan fingerprint density at radius 1 is 2.00 bits per heavy atom. The van der Waals surface area contributed by atoms with E-state index in [0.717, 1.165) is 0 Å². The molecule has 0 fully saturated rings. The van der Waals surface area contributed by atoms with Crippen LogP contribution in [0.5, 0.6) is 0 Å². The summed E-state index contributed by atoms with van der Waals surface area (Å²) in [6.07, 6.45) is 0. The zero-order chi connectivity index (χ0) is 8.69. The largest absolute Gasteiger partial charge is 0.465 e. The molecular weight excluding hydrogens is 148 g/mol. The number of ether oxygens (including phenoxy) is 1.